The predicted molar refractivity (Wildman–Crippen MR) is 151 cm³/mol. The number of para-hydroxylation sites is 1. The fourth-order valence-electron chi connectivity index (χ4n) is 3.71. The fraction of sp³-hybridized carbons (Fsp3) is 0.348. The van der Waals surface area contributed by atoms with Crippen molar-refractivity contribution in [3.8, 4) is 17.0 Å². The third kappa shape index (κ3) is 7.85. The number of hydrogen-bond acceptors (Lipinski definition) is 9. The summed E-state index contributed by atoms with van der Waals surface area (Å²) in [5.41, 5.74) is 1.79. The zero-order valence-corrected chi connectivity index (χ0v) is 22.7. The van der Waals surface area contributed by atoms with Crippen LogP contribution in [0.5, 0.6) is 5.75 Å². The van der Waals surface area contributed by atoms with E-state index < -0.39 is 21.2 Å². The smallest absolute Gasteiger partial charge is 0.253 e. The summed E-state index contributed by atoms with van der Waals surface area (Å²) in [5, 5.41) is 14.8. The Morgan fingerprint density at radius 1 is 1.18 bits per heavy atom. The molecule has 1 aromatic carbocycles. The molecule has 0 spiro atoms. The highest BCUT2D eigenvalue weighted by Crippen LogP contribution is 2.38. The van der Waals surface area contributed by atoms with Crippen LogP contribution in [0.2, 0.25) is 0 Å². The quantitative estimate of drug-likeness (QED) is 0.221. The van der Waals surface area contributed by atoms with E-state index in [1.54, 1.807) is 18.2 Å². The molecule has 0 unspecified atom stereocenters. The molecule has 0 saturated heterocycles. The van der Waals surface area contributed by atoms with Crippen LogP contribution in [0, 0.1) is 5.92 Å². The molecule has 6 radical (unpaired) electrons. The van der Waals surface area contributed by atoms with Gasteiger partial charge in [-0.1, -0.05) is 11.3 Å². The highest BCUT2D eigenvalue weighted by Gasteiger charge is 2.30. The Morgan fingerprint density at radius 3 is 2.58 bits per heavy atom. The number of sulfonamides is 1. The van der Waals surface area contributed by atoms with Crippen LogP contribution in [0.25, 0.3) is 11.3 Å². The molecule has 40 heavy (non-hydrogen) atoms. The summed E-state index contributed by atoms with van der Waals surface area (Å²) < 4.78 is 30.7. The third-order valence-corrected chi connectivity index (χ3v) is 6.38. The first-order chi connectivity index (χ1) is 18.8. The standard InChI is InChI=1S/C23H25B3N8O5S/c1-39-20-14(18-12-28-34(33-18)9-8-29-40(2,37)38)4-3-5-16(20)30-17-10-19(31-21(35)13-6-7-13)27-11-15(17)22(36)32-23(24,25)26/h3-5,10-13,29H,6-9H2,1-2H3,(H,32,36)(H2,27,30,31,35). The van der Waals surface area contributed by atoms with E-state index in [2.05, 4.69) is 35.9 Å². The number of nitrogens with zero attached hydrogens (tertiary/aromatic N) is 4. The van der Waals surface area contributed by atoms with Crippen molar-refractivity contribution < 1.29 is 22.7 Å². The first kappa shape index (κ1) is 29.1. The molecule has 0 aliphatic heterocycles. The van der Waals surface area contributed by atoms with E-state index in [4.69, 9.17) is 28.3 Å². The molecule has 1 saturated carbocycles. The Morgan fingerprint density at radius 2 is 1.93 bits per heavy atom. The van der Waals surface area contributed by atoms with Crippen molar-refractivity contribution in [3.63, 3.8) is 0 Å². The molecular formula is C23H25B3N8O5S. The second kappa shape index (κ2) is 11.7. The van der Waals surface area contributed by atoms with E-state index in [-0.39, 0.29) is 42.0 Å². The second-order valence-electron chi connectivity index (χ2n) is 9.27. The molecule has 0 bridgehead atoms. The van der Waals surface area contributed by atoms with Crippen LogP contribution in [-0.2, 0) is 21.4 Å². The van der Waals surface area contributed by atoms with E-state index in [9.17, 15) is 18.0 Å². The molecule has 1 aliphatic rings. The number of ether oxygens (including phenoxy) is 1. The Labute approximate surface area is 235 Å². The van der Waals surface area contributed by atoms with Crippen LogP contribution in [0.15, 0.2) is 36.7 Å². The number of benzene rings is 1. The van der Waals surface area contributed by atoms with Crippen LogP contribution in [0.4, 0.5) is 17.2 Å². The van der Waals surface area contributed by atoms with Crippen molar-refractivity contribution in [2.75, 3.05) is 30.5 Å². The van der Waals surface area contributed by atoms with Gasteiger partial charge < -0.3 is 20.7 Å². The number of carbonyl (C=O) groups is 2. The molecule has 13 nitrogen and oxygen atoms in total. The molecule has 0 atom stereocenters. The number of nitrogens with one attached hydrogen (secondary N) is 4. The molecule has 2 heterocycles. The average Bonchev–Trinajstić information content (AvgIpc) is 3.61. The minimum absolute atomic E-state index is 0.0481. The zero-order chi connectivity index (χ0) is 29.1. The normalized spacial score (nSPS) is 13.4. The van der Waals surface area contributed by atoms with E-state index in [0.717, 1.165) is 19.1 Å². The summed E-state index contributed by atoms with van der Waals surface area (Å²) >= 11 is 0. The van der Waals surface area contributed by atoms with Gasteiger partial charge in [0.1, 0.15) is 11.5 Å². The van der Waals surface area contributed by atoms with Gasteiger partial charge in [-0.3, -0.25) is 9.59 Å². The number of pyridine rings is 1. The first-order valence-electron chi connectivity index (χ1n) is 12.1. The summed E-state index contributed by atoms with van der Waals surface area (Å²) in [6, 6.07) is 6.72. The average molecular weight is 558 g/mol. The van der Waals surface area contributed by atoms with E-state index in [0.29, 0.717) is 22.7 Å². The number of aromatic nitrogens is 4. The molecule has 1 fully saturated rings. The maximum absolute atomic E-state index is 12.9. The van der Waals surface area contributed by atoms with Crippen molar-refractivity contribution in [1.82, 2.24) is 30.0 Å². The molecule has 1 aliphatic carbocycles. The lowest BCUT2D eigenvalue weighted by molar-refractivity contribution is -0.117. The van der Waals surface area contributed by atoms with Gasteiger partial charge in [-0.05, 0) is 25.0 Å². The molecule has 202 valence electrons. The van der Waals surface area contributed by atoms with E-state index >= 15 is 0 Å². The first-order valence-corrected chi connectivity index (χ1v) is 14.0. The summed E-state index contributed by atoms with van der Waals surface area (Å²) in [6.45, 7) is 0.330. The Bertz CT molecular complexity index is 1520. The lowest BCUT2D eigenvalue weighted by atomic mass is 9.49. The maximum atomic E-state index is 12.9. The summed E-state index contributed by atoms with van der Waals surface area (Å²) in [7, 11) is 14.8. The van der Waals surface area contributed by atoms with Crippen molar-refractivity contribution >= 4 is 62.6 Å². The SMILES string of the molecule is [B]C([B])([B])NC(=O)c1cnc(NC(=O)C2CC2)cc1Nc1cccc(-c2cnn(CCNS(C)(=O)=O)n2)c1OC. The molecule has 2 aromatic heterocycles. The Kier molecular flexibility index (Phi) is 8.54. The molecule has 4 N–H and O–H groups in total. The van der Waals surface area contributed by atoms with Crippen molar-refractivity contribution in [2.24, 2.45) is 5.92 Å². The topological polar surface area (TPSA) is 169 Å². The van der Waals surface area contributed by atoms with Gasteiger partial charge in [0.05, 0.1) is 66.6 Å². The van der Waals surface area contributed by atoms with Crippen molar-refractivity contribution in [3.05, 3.63) is 42.2 Å². The number of rotatable bonds is 12. The lowest BCUT2D eigenvalue weighted by Crippen LogP contribution is -2.50. The maximum Gasteiger partial charge on any atom is 0.253 e. The van der Waals surface area contributed by atoms with Gasteiger partial charge in [-0.25, -0.2) is 18.1 Å². The van der Waals surface area contributed by atoms with Crippen molar-refractivity contribution in [2.45, 2.75) is 24.6 Å². The zero-order valence-electron chi connectivity index (χ0n) is 21.8. The van der Waals surface area contributed by atoms with Gasteiger partial charge in [0.25, 0.3) is 5.91 Å². The Balaban J connectivity index is 1.64. The number of carbonyl (C=O) groups excluding carboxylic acids is 2. The number of hydrogen-bond donors (Lipinski definition) is 4. The van der Waals surface area contributed by atoms with E-state index in [1.165, 1.54) is 30.4 Å². The van der Waals surface area contributed by atoms with E-state index in [1.807, 2.05) is 0 Å². The van der Waals surface area contributed by atoms with Gasteiger partial charge in [-0.2, -0.15) is 15.0 Å². The van der Waals surface area contributed by atoms with Crippen LogP contribution in [0.3, 0.4) is 0 Å². The van der Waals surface area contributed by atoms with Crippen molar-refractivity contribution in [1.29, 1.82) is 0 Å². The van der Waals surface area contributed by atoms with Gasteiger partial charge >= 0.3 is 0 Å². The molecule has 3 aromatic rings. The number of anilines is 3. The Hall–Kier alpha value is -3.85. The second-order valence-corrected chi connectivity index (χ2v) is 11.1. The number of amides is 2. The van der Waals surface area contributed by atoms with Gasteiger partial charge in [-0.15, -0.1) is 0 Å². The van der Waals surface area contributed by atoms with Gasteiger partial charge in [0.15, 0.2) is 5.75 Å². The molecular weight excluding hydrogens is 533 g/mol. The molecule has 4 rings (SSSR count). The third-order valence-electron chi connectivity index (χ3n) is 5.66. The minimum atomic E-state index is -3.34. The lowest BCUT2D eigenvalue weighted by Gasteiger charge is -2.23. The molecule has 17 heteroatoms. The number of methoxy groups -OCH3 is 1. The highest BCUT2D eigenvalue weighted by atomic mass is 32.2. The van der Waals surface area contributed by atoms with Crippen LogP contribution >= 0.6 is 0 Å². The van der Waals surface area contributed by atoms with Crippen LogP contribution in [0.1, 0.15) is 23.2 Å². The summed E-state index contributed by atoms with van der Waals surface area (Å²) in [6.07, 6.45) is 5.47. The largest absolute Gasteiger partial charge is 0.494 e. The monoisotopic (exact) mass is 558 g/mol. The fourth-order valence-corrected chi connectivity index (χ4v) is 4.17. The summed E-state index contributed by atoms with van der Waals surface area (Å²) in [5.74, 6) is -0.309. The van der Waals surface area contributed by atoms with Crippen LogP contribution < -0.4 is 25.4 Å². The van der Waals surface area contributed by atoms with Gasteiger partial charge in [0.2, 0.25) is 15.9 Å². The highest BCUT2D eigenvalue weighted by molar-refractivity contribution is 7.88. The van der Waals surface area contributed by atoms with Gasteiger partial charge in [0, 0.05) is 30.3 Å². The minimum Gasteiger partial charge on any atom is -0.494 e. The van der Waals surface area contributed by atoms with Crippen LogP contribution in [-0.4, -0.2) is 88.9 Å². The summed E-state index contributed by atoms with van der Waals surface area (Å²) in [4.78, 5) is 30.7. The molecule has 2 amide bonds. The predicted octanol–water partition coefficient (Wildman–Crippen LogP) is -0.163.